The molecule has 0 spiro atoms. The highest BCUT2D eigenvalue weighted by Gasteiger charge is 2.53. The summed E-state index contributed by atoms with van der Waals surface area (Å²) in [7, 11) is -2.64. The van der Waals surface area contributed by atoms with Crippen LogP contribution in [0.2, 0.25) is 0 Å². The number of hydrogen-bond acceptors (Lipinski definition) is 6. The molecule has 2 aromatic rings. The molecule has 1 heterocycles. The van der Waals surface area contributed by atoms with E-state index < -0.39 is 40.0 Å². The number of hydrogen-bond donors (Lipinski definition) is 0. The summed E-state index contributed by atoms with van der Waals surface area (Å²) in [6, 6.07) is 14.6. The third-order valence-corrected chi connectivity index (χ3v) is 7.30. The van der Waals surface area contributed by atoms with Crippen molar-refractivity contribution in [2.75, 3.05) is 13.7 Å². The lowest BCUT2D eigenvalue weighted by molar-refractivity contribution is -0.165. The van der Waals surface area contributed by atoms with Crippen molar-refractivity contribution in [2.24, 2.45) is 5.92 Å². The van der Waals surface area contributed by atoms with Gasteiger partial charge in [0.05, 0.1) is 16.9 Å². The molecule has 0 aromatic heterocycles. The average molecular weight is 432 g/mol. The predicted molar refractivity (Wildman–Crippen MR) is 110 cm³/mol. The number of sulfonamides is 1. The molecule has 1 saturated heterocycles. The molecule has 1 aliphatic rings. The maximum absolute atomic E-state index is 13.1. The van der Waals surface area contributed by atoms with Crippen LogP contribution in [0.5, 0.6) is 0 Å². The topological polar surface area (TPSA) is 90.0 Å². The molecule has 160 valence electrons. The van der Waals surface area contributed by atoms with Crippen molar-refractivity contribution in [3.8, 4) is 0 Å². The number of nitrogens with zero attached hydrogens (tertiary/aromatic N) is 1. The van der Waals surface area contributed by atoms with Crippen molar-refractivity contribution in [3.05, 3.63) is 65.7 Å². The normalized spacial score (nSPS) is 19.8. The van der Waals surface area contributed by atoms with Crippen LogP contribution < -0.4 is 0 Å². The average Bonchev–Trinajstić information content (AvgIpc) is 2.72. The van der Waals surface area contributed by atoms with Gasteiger partial charge in [0.15, 0.2) is 6.10 Å². The molecule has 1 aliphatic heterocycles. The fourth-order valence-electron chi connectivity index (χ4n) is 3.69. The summed E-state index contributed by atoms with van der Waals surface area (Å²) >= 11 is 0. The Bertz CT molecular complexity index is 1020. The highest BCUT2D eigenvalue weighted by molar-refractivity contribution is 7.89. The van der Waals surface area contributed by atoms with Crippen LogP contribution in [0.4, 0.5) is 0 Å². The number of carbonyl (C=O) groups excluding carboxylic acids is 2. The standard InChI is InChI=1S/C22H25NO6S/c1-4-17-18(14-29-22(25)20(28-3)16-11-6-5-7-12-16)23(21(17)24)30(26,27)19-13-9-8-10-15(19)2/h5-13,17-18,20H,4,14H2,1-3H3/t17-,18+,20+/m0/s1. The molecule has 0 saturated carbocycles. The first-order chi connectivity index (χ1) is 14.3. The van der Waals surface area contributed by atoms with Crippen LogP contribution in [-0.2, 0) is 29.1 Å². The molecule has 30 heavy (non-hydrogen) atoms. The Balaban J connectivity index is 1.79. The molecule has 0 radical (unpaired) electrons. The molecule has 8 heteroatoms. The van der Waals surface area contributed by atoms with E-state index in [0.717, 1.165) is 4.31 Å². The van der Waals surface area contributed by atoms with Gasteiger partial charge in [-0.2, -0.15) is 0 Å². The first-order valence-corrected chi connectivity index (χ1v) is 11.1. The maximum atomic E-state index is 13.1. The minimum Gasteiger partial charge on any atom is -0.461 e. The Morgan fingerprint density at radius 3 is 2.33 bits per heavy atom. The number of aryl methyl sites for hydroxylation is 1. The molecule has 1 amide bonds. The third-order valence-electron chi connectivity index (χ3n) is 5.32. The predicted octanol–water partition coefficient (Wildman–Crippen LogP) is 2.85. The molecule has 0 bridgehead atoms. The van der Waals surface area contributed by atoms with Crippen LogP contribution in [0.1, 0.15) is 30.6 Å². The number of β-lactam (4-membered cyclic amide) rings is 1. The summed E-state index contributed by atoms with van der Waals surface area (Å²) in [5.74, 6) is -1.63. The van der Waals surface area contributed by atoms with E-state index in [-0.39, 0.29) is 11.5 Å². The molecule has 3 rings (SSSR count). The molecule has 7 nitrogen and oxygen atoms in total. The van der Waals surface area contributed by atoms with Gasteiger partial charge in [-0.15, -0.1) is 0 Å². The Hall–Kier alpha value is -2.71. The fourth-order valence-corrected chi connectivity index (χ4v) is 5.57. The zero-order valence-electron chi connectivity index (χ0n) is 17.1. The van der Waals surface area contributed by atoms with Crippen LogP contribution >= 0.6 is 0 Å². The van der Waals surface area contributed by atoms with E-state index in [9.17, 15) is 18.0 Å². The second kappa shape index (κ2) is 8.97. The van der Waals surface area contributed by atoms with Crippen molar-refractivity contribution < 1.29 is 27.5 Å². The van der Waals surface area contributed by atoms with Crippen LogP contribution in [0, 0.1) is 12.8 Å². The molecule has 1 fully saturated rings. The maximum Gasteiger partial charge on any atom is 0.339 e. The van der Waals surface area contributed by atoms with E-state index in [4.69, 9.17) is 9.47 Å². The Labute approximate surface area is 176 Å². The van der Waals surface area contributed by atoms with E-state index >= 15 is 0 Å². The van der Waals surface area contributed by atoms with Crippen LogP contribution in [-0.4, -0.2) is 44.4 Å². The Kier molecular flexibility index (Phi) is 6.58. The Morgan fingerprint density at radius 2 is 1.73 bits per heavy atom. The van der Waals surface area contributed by atoms with E-state index in [1.165, 1.54) is 13.2 Å². The lowest BCUT2D eigenvalue weighted by atomic mass is 9.88. The monoisotopic (exact) mass is 431 g/mol. The van der Waals surface area contributed by atoms with Crippen molar-refractivity contribution in [1.29, 1.82) is 0 Å². The van der Waals surface area contributed by atoms with Gasteiger partial charge in [-0.25, -0.2) is 17.5 Å². The van der Waals surface area contributed by atoms with Gasteiger partial charge in [-0.1, -0.05) is 55.5 Å². The van der Waals surface area contributed by atoms with Crippen LogP contribution in [0.15, 0.2) is 59.5 Å². The van der Waals surface area contributed by atoms with Crippen LogP contribution in [0.25, 0.3) is 0 Å². The summed E-state index contributed by atoms with van der Waals surface area (Å²) in [5.41, 5.74) is 1.18. The van der Waals surface area contributed by atoms with E-state index in [1.807, 2.05) is 6.07 Å². The molecule has 2 aromatic carbocycles. The van der Waals surface area contributed by atoms with Gasteiger partial charge in [-0.05, 0) is 30.5 Å². The number of amides is 1. The van der Waals surface area contributed by atoms with Gasteiger partial charge < -0.3 is 9.47 Å². The van der Waals surface area contributed by atoms with Gasteiger partial charge in [0.1, 0.15) is 6.61 Å². The largest absolute Gasteiger partial charge is 0.461 e. The van der Waals surface area contributed by atoms with Gasteiger partial charge in [0.25, 0.3) is 10.0 Å². The van der Waals surface area contributed by atoms with Gasteiger partial charge in [0, 0.05) is 7.11 Å². The zero-order valence-corrected chi connectivity index (χ0v) is 18.0. The van der Waals surface area contributed by atoms with E-state index in [2.05, 4.69) is 0 Å². The SMILES string of the molecule is CC[C@@H]1C(=O)N(S(=O)(=O)c2ccccc2C)[C@@H]1COC(=O)[C@H](OC)c1ccccc1. The van der Waals surface area contributed by atoms with Crippen molar-refractivity contribution >= 4 is 21.9 Å². The second-order valence-corrected chi connectivity index (χ2v) is 8.93. The summed E-state index contributed by atoms with van der Waals surface area (Å²) < 4.78 is 37.7. The second-order valence-electron chi connectivity index (χ2n) is 7.14. The summed E-state index contributed by atoms with van der Waals surface area (Å²) in [5, 5.41) is 0. The molecular weight excluding hydrogens is 406 g/mol. The lowest BCUT2D eigenvalue weighted by Gasteiger charge is -2.45. The summed E-state index contributed by atoms with van der Waals surface area (Å²) in [4.78, 5) is 25.2. The van der Waals surface area contributed by atoms with Crippen molar-refractivity contribution in [2.45, 2.75) is 37.3 Å². The number of carbonyl (C=O) groups is 2. The quantitative estimate of drug-likeness (QED) is 0.472. The summed E-state index contributed by atoms with van der Waals surface area (Å²) in [6.07, 6.45) is -0.476. The van der Waals surface area contributed by atoms with Gasteiger partial charge in [-0.3, -0.25) is 4.79 Å². The molecule has 3 atom stereocenters. The lowest BCUT2D eigenvalue weighted by Crippen LogP contribution is -2.64. The third kappa shape index (κ3) is 3.97. The fraction of sp³-hybridized carbons (Fsp3) is 0.364. The number of benzene rings is 2. The van der Waals surface area contributed by atoms with Crippen molar-refractivity contribution in [1.82, 2.24) is 4.31 Å². The first-order valence-electron chi connectivity index (χ1n) is 9.71. The van der Waals surface area contributed by atoms with E-state index in [1.54, 1.807) is 56.3 Å². The highest BCUT2D eigenvalue weighted by atomic mass is 32.2. The smallest absolute Gasteiger partial charge is 0.339 e. The number of rotatable bonds is 8. The van der Waals surface area contributed by atoms with Gasteiger partial charge >= 0.3 is 5.97 Å². The minimum absolute atomic E-state index is 0.0725. The minimum atomic E-state index is -4.04. The van der Waals surface area contributed by atoms with E-state index in [0.29, 0.717) is 17.5 Å². The molecular formula is C22H25NO6S. The highest BCUT2D eigenvalue weighted by Crippen LogP contribution is 2.36. The van der Waals surface area contributed by atoms with Crippen molar-refractivity contribution in [3.63, 3.8) is 0 Å². The first kappa shape index (κ1) is 22.0. The molecule has 0 N–H and O–H groups in total. The number of esters is 1. The zero-order chi connectivity index (χ0) is 21.9. The Morgan fingerprint density at radius 1 is 1.10 bits per heavy atom. The molecule has 0 unspecified atom stereocenters. The number of ether oxygens (including phenoxy) is 2. The summed E-state index contributed by atoms with van der Waals surface area (Å²) in [6.45, 7) is 3.25. The molecule has 0 aliphatic carbocycles. The van der Waals surface area contributed by atoms with Crippen LogP contribution in [0.3, 0.4) is 0 Å². The number of methoxy groups -OCH3 is 1. The van der Waals surface area contributed by atoms with Gasteiger partial charge in [0.2, 0.25) is 5.91 Å².